The van der Waals surface area contributed by atoms with Crippen molar-refractivity contribution < 1.29 is 9.90 Å². The zero-order chi connectivity index (χ0) is 8.77. The first-order valence-electron chi connectivity index (χ1n) is 4.53. The smallest absolute Gasteiger partial charge is 0.306 e. The fourth-order valence-electron chi connectivity index (χ4n) is 2.65. The van der Waals surface area contributed by atoms with Crippen LogP contribution in [0.2, 0.25) is 0 Å². The van der Waals surface area contributed by atoms with E-state index in [1.807, 2.05) is 0 Å². The molecule has 0 aromatic rings. The second-order valence-corrected chi connectivity index (χ2v) is 4.43. The standard InChI is InChI=1S/C9H15NO2/c1-10-3-2-9(6-10)4-7(5-9)8(11)12/h7H,2-6H2,1H3,(H,11,12). The van der Waals surface area contributed by atoms with E-state index in [-0.39, 0.29) is 5.92 Å². The Balaban J connectivity index is 1.91. The van der Waals surface area contributed by atoms with Gasteiger partial charge in [0.15, 0.2) is 0 Å². The number of hydrogen-bond donors (Lipinski definition) is 1. The SMILES string of the molecule is CN1CCC2(CC(C(=O)O)C2)C1. The lowest BCUT2D eigenvalue weighted by atomic mass is 9.61. The Morgan fingerprint density at radius 1 is 1.58 bits per heavy atom. The molecule has 1 heterocycles. The molecular formula is C9H15NO2. The van der Waals surface area contributed by atoms with Gasteiger partial charge in [0, 0.05) is 6.54 Å². The Hall–Kier alpha value is -0.570. The molecule has 0 aromatic carbocycles. The van der Waals surface area contributed by atoms with E-state index in [1.54, 1.807) is 0 Å². The van der Waals surface area contributed by atoms with Gasteiger partial charge >= 0.3 is 5.97 Å². The third-order valence-electron chi connectivity index (χ3n) is 3.34. The van der Waals surface area contributed by atoms with Gasteiger partial charge < -0.3 is 10.0 Å². The number of likely N-dealkylation sites (tertiary alicyclic amines) is 1. The molecule has 68 valence electrons. The number of carboxylic acids is 1. The van der Waals surface area contributed by atoms with Gasteiger partial charge in [-0.25, -0.2) is 0 Å². The molecule has 2 rings (SSSR count). The normalized spacial score (nSPS) is 41.6. The van der Waals surface area contributed by atoms with Crippen LogP contribution in [0.15, 0.2) is 0 Å². The number of carbonyl (C=O) groups is 1. The molecule has 0 bridgehead atoms. The lowest BCUT2D eigenvalue weighted by Crippen LogP contribution is -2.42. The summed E-state index contributed by atoms with van der Waals surface area (Å²) in [6, 6.07) is 0. The minimum atomic E-state index is -0.602. The van der Waals surface area contributed by atoms with Crippen molar-refractivity contribution in [1.82, 2.24) is 4.90 Å². The topological polar surface area (TPSA) is 40.5 Å². The number of rotatable bonds is 1. The Morgan fingerprint density at radius 2 is 2.25 bits per heavy atom. The average Bonchev–Trinajstić information content (AvgIpc) is 2.27. The Bertz CT molecular complexity index is 209. The maximum absolute atomic E-state index is 10.6. The Labute approximate surface area is 72.4 Å². The highest BCUT2D eigenvalue weighted by molar-refractivity contribution is 5.71. The second kappa shape index (κ2) is 2.46. The molecule has 0 amide bonds. The first kappa shape index (κ1) is 8.05. The molecule has 1 saturated heterocycles. The average molecular weight is 169 g/mol. The van der Waals surface area contributed by atoms with Gasteiger partial charge in [0.25, 0.3) is 0 Å². The van der Waals surface area contributed by atoms with Crippen LogP contribution in [-0.2, 0) is 4.79 Å². The van der Waals surface area contributed by atoms with Crippen molar-refractivity contribution in [1.29, 1.82) is 0 Å². The Kier molecular flexibility index (Phi) is 1.65. The largest absolute Gasteiger partial charge is 0.481 e. The van der Waals surface area contributed by atoms with Crippen molar-refractivity contribution in [2.75, 3.05) is 20.1 Å². The summed E-state index contributed by atoms with van der Waals surface area (Å²) < 4.78 is 0. The van der Waals surface area contributed by atoms with Crippen LogP contribution in [0.1, 0.15) is 19.3 Å². The van der Waals surface area contributed by atoms with Gasteiger partial charge in [-0.3, -0.25) is 4.79 Å². The van der Waals surface area contributed by atoms with Gasteiger partial charge in [0.1, 0.15) is 0 Å². The molecule has 0 aromatic heterocycles. The van der Waals surface area contributed by atoms with Crippen LogP contribution in [-0.4, -0.2) is 36.1 Å². The number of hydrogen-bond acceptors (Lipinski definition) is 2. The van der Waals surface area contributed by atoms with E-state index in [4.69, 9.17) is 5.11 Å². The van der Waals surface area contributed by atoms with Crippen LogP contribution in [0.5, 0.6) is 0 Å². The molecule has 3 heteroatoms. The van der Waals surface area contributed by atoms with E-state index in [1.165, 1.54) is 6.42 Å². The van der Waals surface area contributed by atoms with E-state index in [0.29, 0.717) is 5.41 Å². The Morgan fingerprint density at radius 3 is 2.67 bits per heavy atom. The van der Waals surface area contributed by atoms with E-state index in [0.717, 1.165) is 25.9 Å². The summed E-state index contributed by atoms with van der Waals surface area (Å²) in [6.45, 7) is 2.25. The van der Waals surface area contributed by atoms with Crippen LogP contribution in [0, 0.1) is 11.3 Å². The summed E-state index contributed by atoms with van der Waals surface area (Å²) in [5, 5.41) is 8.73. The first-order chi connectivity index (χ1) is 5.61. The third-order valence-corrected chi connectivity index (χ3v) is 3.34. The molecule has 1 spiro atoms. The quantitative estimate of drug-likeness (QED) is 0.631. The predicted octanol–water partition coefficient (Wildman–Crippen LogP) is 0.803. The minimum absolute atomic E-state index is 0.0449. The third kappa shape index (κ3) is 1.12. The maximum atomic E-state index is 10.6. The van der Waals surface area contributed by atoms with Crippen LogP contribution in [0.25, 0.3) is 0 Å². The molecule has 0 unspecified atom stereocenters. The highest BCUT2D eigenvalue weighted by Crippen LogP contribution is 2.51. The number of carboxylic acid groups (broad SMARTS) is 1. The van der Waals surface area contributed by atoms with Crippen LogP contribution >= 0.6 is 0 Å². The van der Waals surface area contributed by atoms with Gasteiger partial charge in [0.2, 0.25) is 0 Å². The molecule has 1 saturated carbocycles. The molecule has 2 aliphatic rings. The second-order valence-electron chi connectivity index (χ2n) is 4.43. The molecule has 1 N–H and O–H groups in total. The van der Waals surface area contributed by atoms with E-state index >= 15 is 0 Å². The molecule has 1 aliphatic carbocycles. The van der Waals surface area contributed by atoms with Crippen LogP contribution in [0.3, 0.4) is 0 Å². The zero-order valence-corrected chi connectivity index (χ0v) is 7.42. The van der Waals surface area contributed by atoms with Gasteiger partial charge in [-0.1, -0.05) is 0 Å². The van der Waals surface area contributed by atoms with Crippen molar-refractivity contribution in [2.45, 2.75) is 19.3 Å². The fourth-order valence-corrected chi connectivity index (χ4v) is 2.65. The summed E-state index contributed by atoms with van der Waals surface area (Å²) in [5.74, 6) is -0.647. The highest BCUT2D eigenvalue weighted by atomic mass is 16.4. The molecule has 12 heavy (non-hydrogen) atoms. The number of aliphatic carboxylic acids is 1. The molecule has 0 atom stereocenters. The minimum Gasteiger partial charge on any atom is -0.481 e. The molecule has 2 fully saturated rings. The zero-order valence-electron chi connectivity index (χ0n) is 7.42. The van der Waals surface area contributed by atoms with Crippen molar-refractivity contribution in [3.63, 3.8) is 0 Å². The summed E-state index contributed by atoms with van der Waals surface area (Å²) in [5.41, 5.74) is 0.387. The van der Waals surface area contributed by atoms with Crippen molar-refractivity contribution in [3.05, 3.63) is 0 Å². The lowest BCUT2D eigenvalue weighted by molar-refractivity contribution is -0.149. The van der Waals surface area contributed by atoms with E-state index < -0.39 is 5.97 Å². The highest BCUT2D eigenvalue weighted by Gasteiger charge is 2.50. The van der Waals surface area contributed by atoms with Crippen molar-refractivity contribution in [3.8, 4) is 0 Å². The predicted molar refractivity (Wildman–Crippen MR) is 44.9 cm³/mol. The monoisotopic (exact) mass is 169 g/mol. The first-order valence-corrected chi connectivity index (χ1v) is 4.53. The van der Waals surface area contributed by atoms with E-state index in [9.17, 15) is 4.79 Å². The van der Waals surface area contributed by atoms with Gasteiger partial charge in [0.05, 0.1) is 5.92 Å². The molecule has 0 radical (unpaired) electrons. The van der Waals surface area contributed by atoms with Crippen molar-refractivity contribution >= 4 is 5.97 Å². The van der Waals surface area contributed by atoms with Crippen molar-refractivity contribution in [2.24, 2.45) is 11.3 Å². The molecule has 3 nitrogen and oxygen atoms in total. The van der Waals surface area contributed by atoms with Gasteiger partial charge in [-0.15, -0.1) is 0 Å². The lowest BCUT2D eigenvalue weighted by Gasteiger charge is -2.43. The molecule has 1 aliphatic heterocycles. The molecular weight excluding hydrogens is 154 g/mol. The van der Waals surface area contributed by atoms with Gasteiger partial charge in [-0.2, -0.15) is 0 Å². The maximum Gasteiger partial charge on any atom is 0.306 e. The summed E-state index contributed by atoms with van der Waals surface area (Å²) in [4.78, 5) is 12.9. The summed E-state index contributed by atoms with van der Waals surface area (Å²) in [7, 11) is 2.11. The van der Waals surface area contributed by atoms with Crippen LogP contribution in [0.4, 0.5) is 0 Å². The summed E-state index contributed by atoms with van der Waals surface area (Å²) >= 11 is 0. The number of nitrogens with zero attached hydrogens (tertiary/aromatic N) is 1. The fraction of sp³-hybridized carbons (Fsp3) is 0.889. The van der Waals surface area contributed by atoms with Gasteiger partial charge in [-0.05, 0) is 38.3 Å². The van der Waals surface area contributed by atoms with E-state index in [2.05, 4.69) is 11.9 Å². The van der Waals surface area contributed by atoms with Crippen LogP contribution < -0.4 is 0 Å². The summed E-state index contributed by atoms with van der Waals surface area (Å²) in [6.07, 6.45) is 3.02.